The number of hydrogen-bond donors (Lipinski definition) is 4. The fourth-order valence-corrected chi connectivity index (χ4v) is 6.34. The summed E-state index contributed by atoms with van der Waals surface area (Å²) in [7, 11) is 0. The highest BCUT2D eigenvalue weighted by Crippen LogP contribution is 2.37. The monoisotopic (exact) mass is 667 g/mol. The van der Waals surface area contributed by atoms with Crippen LogP contribution < -0.4 is 16.0 Å². The maximum absolute atomic E-state index is 12.9. The van der Waals surface area contributed by atoms with Crippen molar-refractivity contribution in [2.75, 3.05) is 36.8 Å². The van der Waals surface area contributed by atoms with Crippen LogP contribution >= 0.6 is 0 Å². The molecule has 3 aromatic heterocycles. The van der Waals surface area contributed by atoms with Crippen molar-refractivity contribution in [2.24, 2.45) is 0 Å². The van der Waals surface area contributed by atoms with Crippen molar-refractivity contribution in [1.29, 1.82) is 0 Å². The van der Waals surface area contributed by atoms with E-state index >= 15 is 0 Å². The molecular formula is C40H41N7O3. The molecule has 0 bridgehead atoms. The summed E-state index contributed by atoms with van der Waals surface area (Å²) < 4.78 is 0. The summed E-state index contributed by atoms with van der Waals surface area (Å²) in [5, 5.41) is 8.84. The summed E-state index contributed by atoms with van der Waals surface area (Å²) >= 11 is 0. The number of benzene rings is 2. The maximum Gasteiger partial charge on any atom is 0.256 e. The number of likely N-dealkylation sites (N-methyl/N-ethyl adjacent to an activating group) is 1. The molecule has 0 atom stereocenters. The van der Waals surface area contributed by atoms with E-state index in [0.717, 1.165) is 81.3 Å². The smallest absolute Gasteiger partial charge is 0.256 e. The molecule has 0 saturated heterocycles. The third-order valence-electron chi connectivity index (χ3n) is 9.13. The number of aromatic nitrogens is 3. The van der Waals surface area contributed by atoms with E-state index in [4.69, 9.17) is 0 Å². The van der Waals surface area contributed by atoms with Crippen molar-refractivity contribution in [3.63, 3.8) is 0 Å². The quantitative estimate of drug-likeness (QED) is 0.133. The van der Waals surface area contributed by atoms with Crippen molar-refractivity contribution >= 4 is 40.7 Å². The molecule has 2 aliphatic heterocycles. The molecular weight excluding hydrogens is 626 g/mol. The molecule has 0 radical (unpaired) electrons. The fraction of sp³-hybridized carbons (Fsp3) is 0.225. The number of H-pyrrole nitrogens is 1. The Morgan fingerprint density at radius 1 is 0.860 bits per heavy atom. The van der Waals surface area contributed by atoms with Gasteiger partial charge in [0, 0.05) is 77.3 Å². The van der Waals surface area contributed by atoms with E-state index in [1.54, 1.807) is 18.6 Å². The average Bonchev–Trinajstić information content (AvgIpc) is 3.76. The Bertz CT molecular complexity index is 2070. The molecule has 5 heterocycles. The summed E-state index contributed by atoms with van der Waals surface area (Å²) in [6.07, 6.45) is 9.42. The van der Waals surface area contributed by atoms with Gasteiger partial charge in [-0.3, -0.25) is 24.4 Å². The molecule has 10 nitrogen and oxygen atoms in total. The van der Waals surface area contributed by atoms with Crippen LogP contribution in [0.4, 0.5) is 11.4 Å². The Balaban J connectivity index is 0.000000223. The third kappa shape index (κ3) is 7.40. The highest BCUT2D eigenvalue weighted by Gasteiger charge is 2.26. The molecule has 0 spiro atoms. The van der Waals surface area contributed by atoms with Crippen LogP contribution in [-0.4, -0.2) is 63.8 Å². The van der Waals surface area contributed by atoms with Gasteiger partial charge in [-0.1, -0.05) is 50.2 Å². The number of nitrogens with one attached hydrogen (secondary N) is 4. The van der Waals surface area contributed by atoms with E-state index in [1.165, 1.54) is 0 Å². The zero-order valence-corrected chi connectivity index (χ0v) is 28.8. The summed E-state index contributed by atoms with van der Waals surface area (Å²) in [5.74, 6) is -0.186. The Morgan fingerprint density at radius 3 is 2.16 bits per heavy atom. The van der Waals surface area contributed by atoms with E-state index in [-0.39, 0.29) is 17.7 Å². The lowest BCUT2D eigenvalue weighted by atomic mass is 10.00. The van der Waals surface area contributed by atoms with E-state index in [2.05, 4.69) is 49.6 Å². The zero-order valence-electron chi connectivity index (χ0n) is 28.8. The van der Waals surface area contributed by atoms with Gasteiger partial charge < -0.3 is 25.8 Å². The Hall–Kier alpha value is -5.87. The lowest BCUT2D eigenvalue weighted by Crippen LogP contribution is -2.35. The Kier molecular flexibility index (Phi) is 10.3. The van der Waals surface area contributed by atoms with Gasteiger partial charge in [-0.05, 0) is 79.5 Å². The Labute approximate surface area is 292 Å². The van der Waals surface area contributed by atoms with Gasteiger partial charge in [-0.15, -0.1) is 0 Å². The van der Waals surface area contributed by atoms with Gasteiger partial charge in [0.25, 0.3) is 11.8 Å². The number of anilines is 2. The van der Waals surface area contributed by atoms with Gasteiger partial charge in [-0.2, -0.15) is 0 Å². The van der Waals surface area contributed by atoms with Crippen molar-refractivity contribution < 1.29 is 14.4 Å². The van der Waals surface area contributed by atoms with Gasteiger partial charge in [0.15, 0.2) is 0 Å². The number of carbonyl (C=O) groups is 3. The number of rotatable bonds is 9. The highest BCUT2D eigenvalue weighted by atomic mass is 16.2. The van der Waals surface area contributed by atoms with Gasteiger partial charge in [0.2, 0.25) is 5.91 Å². The van der Waals surface area contributed by atoms with Gasteiger partial charge in [0.05, 0.1) is 17.6 Å². The number of carbonyl (C=O) groups excluding carboxylic acids is 3. The predicted octanol–water partition coefficient (Wildman–Crippen LogP) is 6.50. The number of amides is 3. The molecule has 0 fully saturated rings. The van der Waals surface area contributed by atoms with Crippen LogP contribution in [0.3, 0.4) is 0 Å². The van der Waals surface area contributed by atoms with Crippen molar-refractivity contribution in [1.82, 2.24) is 25.2 Å². The van der Waals surface area contributed by atoms with E-state index in [1.807, 2.05) is 86.8 Å². The molecule has 0 saturated carbocycles. The van der Waals surface area contributed by atoms with Crippen molar-refractivity contribution in [3.8, 4) is 22.3 Å². The minimum Gasteiger partial charge on any atom is -0.358 e. The lowest BCUT2D eigenvalue weighted by molar-refractivity contribution is -0.115. The normalized spacial score (nSPS) is 13.7. The molecule has 7 rings (SSSR count). The van der Waals surface area contributed by atoms with Crippen molar-refractivity contribution in [2.45, 2.75) is 34.1 Å². The number of pyridine rings is 2. The molecule has 2 aliphatic rings. The van der Waals surface area contributed by atoms with E-state index in [0.29, 0.717) is 24.1 Å². The second-order valence-electron chi connectivity index (χ2n) is 12.3. The SMILES string of the molecule is CCN(CC)CCNC(=O)c1c(C)[nH]c(C=C2C(=O)Nc3cc(-c4cccnc4)ccc32)c1C.O=C1Cc2ccc(-c3cccnc3)cc2N1. The second-order valence-corrected chi connectivity index (χ2v) is 12.3. The minimum absolute atomic E-state index is 0.0679. The van der Waals surface area contributed by atoms with Crippen LogP contribution in [0, 0.1) is 13.8 Å². The van der Waals surface area contributed by atoms with Crippen LogP contribution in [0.5, 0.6) is 0 Å². The van der Waals surface area contributed by atoms with Crippen LogP contribution in [0.2, 0.25) is 0 Å². The van der Waals surface area contributed by atoms with E-state index in [9.17, 15) is 14.4 Å². The molecule has 0 unspecified atom stereocenters. The topological polar surface area (TPSA) is 132 Å². The summed E-state index contributed by atoms with van der Waals surface area (Å²) in [5.41, 5.74) is 11.3. The predicted molar refractivity (Wildman–Crippen MR) is 199 cm³/mol. The molecule has 0 aliphatic carbocycles. The largest absolute Gasteiger partial charge is 0.358 e. The van der Waals surface area contributed by atoms with Crippen molar-refractivity contribution in [3.05, 3.63) is 119 Å². The summed E-state index contributed by atoms with van der Waals surface area (Å²) in [4.78, 5) is 50.7. The molecule has 4 N–H and O–H groups in total. The first-order chi connectivity index (χ1) is 24.2. The molecule has 10 heteroatoms. The summed E-state index contributed by atoms with van der Waals surface area (Å²) in [6.45, 7) is 11.3. The molecule has 5 aromatic rings. The average molecular weight is 668 g/mol. The van der Waals surface area contributed by atoms with E-state index < -0.39 is 0 Å². The number of aromatic amines is 1. The number of fused-ring (bicyclic) bond motifs is 2. The van der Waals surface area contributed by atoms with Gasteiger partial charge in [0.1, 0.15) is 0 Å². The van der Waals surface area contributed by atoms with Crippen LogP contribution in [-0.2, 0) is 16.0 Å². The molecule has 254 valence electrons. The van der Waals surface area contributed by atoms with Gasteiger partial charge in [-0.25, -0.2) is 0 Å². The van der Waals surface area contributed by atoms with Crippen LogP contribution in [0.25, 0.3) is 33.9 Å². The number of nitrogens with zero attached hydrogens (tertiary/aromatic N) is 3. The maximum atomic E-state index is 12.9. The van der Waals surface area contributed by atoms with Crippen LogP contribution in [0.1, 0.15) is 52.3 Å². The number of hydrogen-bond acceptors (Lipinski definition) is 6. The number of aryl methyl sites for hydroxylation is 1. The molecule has 2 aromatic carbocycles. The van der Waals surface area contributed by atoms with Crippen LogP contribution in [0.15, 0.2) is 85.5 Å². The standard InChI is InChI=1S/C27H31N5O2.C13H10N2O/c1-5-32(6-2)13-12-29-27(34)25-17(3)23(30-18(25)4)15-22-21-10-9-19(14-24(21)31-26(22)33)20-8-7-11-28-16-20;16-13-7-10-4-3-9(6-12(10)15-13)11-2-1-5-14-8-11/h7-11,14-16,30H,5-6,12-13H2,1-4H3,(H,29,34)(H,31,33);1-6,8H,7H2,(H,15,16). The lowest BCUT2D eigenvalue weighted by Gasteiger charge is -2.18. The molecule has 3 amide bonds. The highest BCUT2D eigenvalue weighted by molar-refractivity contribution is 6.35. The Morgan fingerprint density at radius 2 is 1.52 bits per heavy atom. The fourth-order valence-electron chi connectivity index (χ4n) is 6.34. The third-order valence-corrected chi connectivity index (χ3v) is 9.13. The minimum atomic E-state index is -0.157. The molecule has 50 heavy (non-hydrogen) atoms. The summed E-state index contributed by atoms with van der Waals surface area (Å²) in [6, 6.07) is 19.7. The first-order valence-corrected chi connectivity index (χ1v) is 16.9. The first kappa shape index (κ1) is 34.0. The van der Waals surface area contributed by atoms with Gasteiger partial charge >= 0.3 is 0 Å². The zero-order chi connectivity index (χ0) is 35.2. The first-order valence-electron chi connectivity index (χ1n) is 16.9. The second kappa shape index (κ2) is 15.1.